The van der Waals surface area contributed by atoms with Crippen LogP contribution in [0.2, 0.25) is 0 Å². The van der Waals surface area contributed by atoms with Crippen molar-refractivity contribution in [2.75, 3.05) is 7.11 Å². The zero-order chi connectivity index (χ0) is 15.7. The average Bonchev–Trinajstić information content (AvgIpc) is 2.49. The topological polar surface area (TPSA) is 72.8 Å². The van der Waals surface area contributed by atoms with E-state index in [0.717, 1.165) is 5.56 Å². The van der Waals surface area contributed by atoms with E-state index in [1.54, 1.807) is 0 Å². The lowest BCUT2D eigenvalue weighted by Gasteiger charge is -2.17. The minimum atomic E-state index is -0.981. The fraction of sp³-hybridized carbons (Fsp3) is 0.375. The first-order valence-corrected chi connectivity index (χ1v) is 6.52. The van der Waals surface area contributed by atoms with Crippen molar-refractivity contribution in [3.63, 3.8) is 0 Å². The van der Waals surface area contributed by atoms with Gasteiger partial charge in [-0.3, -0.25) is 4.79 Å². The molecule has 0 fully saturated rings. The van der Waals surface area contributed by atoms with E-state index in [4.69, 9.17) is 4.74 Å². The highest BCUT2D eigenvalue weighted by atomic mass is 16.5. The van der Waals surface area contributed by atoms with E-state index in [1.165, 1.54) is 14.0 Å². The van der Waals surface area contributed by atoms with Crippen molar-refractivity contribution in [3.8, 4) is 11.8 Å². The third-order valence-electron chi connectivity index (χ3n) is 2.71. The van der Waals surface area contributed by atoms with E-state index in [0.29, 0.717) is 6.42 Å². The van der Waals surface area contributed by atoms with Gasteiger partial charge in [0.25, 0.3) is 0 Å². The first-order valence-electron chi connectivity index (χ1n) is 6.52. The summed E-state index contributed by atoms with van der Waals surface area (Å²) in [6.45, 7) is 1.34. The highest BCUT2D eigenvalue weighted by Crippen LogP contribution is 2.23. The first kappa shape index (κ1) is 16.7. The van der Waals surface area contributed by atoms with Crippen LogP contribution < -0.4 is 0 Å². The molecule has 0 saturated carbocycles. The maximum atomic E-state index is 11.2. The molecule has 1 aromatic rings. The Hall–Kier alpha value is -2.32. The second kappa shape index (κ2) is 8.77. The number of rotatable bonds is 5. The van der Waals surface area contributed by atoms with Crippen molar-refractivity contribution in [2.24, 2.45) is 0 Å². The molecule has 2 atom stereocenters. The molecule has 21 heavy (non-hydrogen) atoms. The SMILES string of the molecule is COC(=O)C#CC(O)CCC(OC(C)=O)c1ccccc1. The number of hydrogen-bond acceptors (Lipinski definition) is 5. The van der Waals surface area contributed by atoms with Crippen LogP contribution in [0.15, 0.2) is 30.3 Å². The molecule has 0 aliphatic carbocycles. The zero-order valence-electron chi connectivity index (χ0n) is 12.0. The maximum Gasteiger partial charge on any atom is 0.384 e. The predicted octanol–water partition coefficient (Wildman–Crippen LogP) is 1.61. The molecule has 0 bridgehead atoms. The van der Waals surface area contributed by atoms with Crippen molar-refractivity contribution >= 4 is 11.9 Å². The smallest absolute Gasteiger partial charge is 0.384 e. The van der Waals surface area contributed by atoms with Gasteiger partial charge in [0.2, 0.25) is 0 Å². The van der Waals surface area contributed by atoms with Crippen molar-refractivity contribution in [3.05, 3.63) is 35.9 Å². The van der Waals surface area contributed by atoms with Gasteiger partial charge in [-0.2, -0.15) is 0 Å². The number of carbonyl (C=O) groups excluding carboxylic acids is 2. The van der Waals surface area contributed by atoms with Crippen LogP contribution in [0.25, 0.3) is 0 Å². The first-order chi connectivity index (χ1) is 10.0. The highest BCUT2D eigenvalue weighted by molar-refractivity contribution is 5.88. The molecule has 0 radical (unpaired) electrons. The van der Waals surface area contributed by atoms with Crippen LogP contribution in [0.3, 0.4) is 0 Å². The third-order valence-corrected chi connectivity index (χ3v) is 2.71. The van der Waals surface area contributed by atoms with Crippen LogP contribution in [0.4, 0.5) is 0 Å². The van der Waals surface area contributed by atoms with Gasteiger partial charge >= 0.3 is 11.9 Å². The standard InChI is InChI=1S/C16H18O5/c1-12(17)21-15(13-6-4-3-5-7-13)10-8-14(18)9-11-16(19)20-2/h3-7,14-15,18H,8,10H2,1-2H3. The van der Waals surface area contributed by atoms with Crippen LogP contribution in [0, 0.1) is 11.8 Å². The van der Waals surface area contributed by atoms with E-state index in [2.05, 4.69) is 16.6 Å². The summed E-state index contributed by atoms with van der Waals surface area (Å²) >= 11 is 0. The van der Waals surface area contributed by atoms with Crippen molar-refractivity contribution < 1.29 is 24.2 Å². The van der Waals surface area contributed by atoms with E-state index < -0.39 is 18.2 Å². The molecule has 1 rings (SSSR count). The van der Waals surface area contributed by atoms with Crippen molar-refractivity contribution in [2.45, 2.75) is 32.0 Å². The van der Waals surface area contributed by atoms with Gasteiger partial charge in [0.05, 0.1) is 7.11 Å². The molecule has 1 aromatic carbocycles. The second-order valence-corrected chi connectivity index (χ2v) is 4.36. The summed E-state index contributed by atoms with van der Waals surface area (Å²) in [6.07, 6.45) is -0.749. The Morgan fingerprint density at radius 2 is 1.90 bits per heavy atom. The molecule has 2 unspecified atom stereocenters. The van der Waals surface area contributed by atoms with Crippen LogP contribution in [0.1, 0.15) is 31.4 Å². The fourth-order valence-corrected chi connectivity index (χ4v) is 1.74. The summed E-state index contributed by atoms with van der Waals surface area (Å²) in [4.78, 5) is 22.0. The van der Waals surface area contributed by atoms with Gasteiger partial charge in [0.1, 0.15) is 12.2 Å². The van der Waals surface area contributed by atoms with Gasteiger partial charge in [-0.15, -0.1) is 0 Å². The molecular formula is C16H18O5. The van der Waals surface area contributed by atoms with Gasteiger partial charge in [0, 0.05) is 12.8 Å². The molecule has 1 N–H and O–H groups in total. The monoisotopic (exact) mass is 290 g/mol. The molecule has 0 spiro atoms. The van der Waals surface area contributed by atoms with Gasteiger partial charge in [-0.05, 0) is 18.4 Å². The highest BCUT2D eigenvalue weighted by Gasteiger charge is 2.16. The Morgan fingerprint density at radius 1 is 1.24 bits per heavy atom. The lowest BCUT2D eigenvalue weighted by atomic mass is 10.0. The van der Waals surface area contributed by atoms with Crippen molar-refractivity contribution in [1.29, 1.82) is 0 Å². The Labute approximate surface area is 123 Å². The minimum Gasteiger partial charge on any atom is -0.459 e. The normalized spacial score (nSPS) is 12.5. The summed E-state index contributed by atoms with van der Waals surface area (Å²) in [5, 5.41) is 9.70. The lowest BCUT2D eigenvalue weighted by Crippen LogP contribution is -2.12. The molecule has 112 valence electrons. The fourth-order valence-electron chi connectivity index (χ4n) is 1.74. The van der Waals surface area contributed by atoms with Gasteiger partial charge < -0.3 is 14.6 Å². The molecule has 0 aromatic heterocycles. The number of ether oxygens (including phenoxy) is 2. The summed E-state index contributed by atoms with van der Waals surface area (Å²) in [6, 6.07) is 9.25. The molecule has 0 aliphatic rings. The van der Waals surface area contributed by atoms with Crippen LogP contribution in [0.5, 0.6) is 0 Å². The number of benzene rings is 1. The molecule has 0 saturated heterocycles. The molecule has 5 nitrogen and oxygen atoms in total. The van der Waals surface area contributed by atoms with Crippen molar-refractivity contribution in [1.82, 2.24) is 0 Å². The molecule has 0 aliphatic heterocycles. The largest absolute Gasteiger partial charge is 0.459 e. The number of aliphatic hydroxyl groups excluding tert-OH is 1. The number of carbonyl (C=O) groups is 2. The quantitative estimate of drug-likeness (QED) is 0.506. The van der Waals surface area contributed by atoms with E-state index >= 15 is 0 Å². The zero-order valence-corrected chi connectivity index (χ0v) is 12.0. The van der Waals surface area contributed by atoms with E-state index in [-0.39, 0.29) is 12.4 Å². The van der Waals surface area contributed by atoms with E-state index in [1.807, 2.05) is 30.3 Å². The van der Waals surface area contributed by atoms with Crippen LogP contribution >= 0.6 is 0 Å². The Balaban J connectivity index is 2.63. The second-order valence-electron chi connectivity index (χ2n) is 4.36. The summed E-state index contributed by atoms with van der Waals surface area (Å²) < 4.78 is 9.60. The molecule has 0 amide bonds. The summed E-state index contributed by atoms with van der Waals surface area (Å²) in [5.74, 6) is 3.46. The summed E-state index contributed by atoms with van der Waals surface area (Å²) in [5.41, 5.74) is 0.848. The summed E-state index contributed by atoms with van der Waals surface area (Å²) in [7, 11) is 1.22. The van der Waals surface area contributed by atoms with Gasteiger partial charge in [0.15, 0.2) is 0 Å². The average molecular weight is 290 g/mol. The Kier molecular flexibility index (Phi) is 6.99. The van der Waals surface area contributed by atoms with E-state index in [9.17, 15) is 14.7 Å². The predicted molar refractivity (Wildman–Crippen MR) is 76.0 cm³/mol. The molecule has 5 heteroatoms. The minimum absolute atomic E-state index is 0.275. The number of aliphatic hydroxyl groups is 1. The third kappa shape index (κ3) is 6.59. The number of methoxy groups -OCH3 is 1. The molecular weight excluding hydrogens is 272 g/mol. The Bertz CT molecular complexity index is 527. The van der Waals surface area contributed by atoms with Crippen LogP contribution in [-0.4, -0.2) is 30.3 Å². The van der Waals surface area contributed by atoms with Gasteiger partial charge in [-0.25, -0.2) is 4.79 Å². The van der Waals surface area contributed by atoms with Gasteiger partial charge in [-0.1, -0.05) is 36.3 Å². The molecule has 0 heterocycles. The Morgan fingerprint density at radius 3 is 2.48 bits per heavy atom. The van der Waals surface area contributed by atoms with Crippen LogP contribution in [-0.2, 0) is 19.1 Å². The number of hydrogen-bond donors (Lipinski definition) is 1. The number of esters is 2. The maximum absolute atomic E-state index is 11.2. The lowest BCUT2D eigenvalue weighted by molar-refractivity contribution is -0.147.